The molecule has 1 aliphatic rings. The van der Waals surface area contributed by atoms with E-state index in [1.807, 2.05) is 31.8 Å². The number of H-pyrrole nitrogens is 2. The van der Waals surface area contributed by atoms with Crippen molar-refractivity contribution in [1.82, 2.24) is 39.8 Å². The third kappa shape index (κ3) is 3.05. The summed E-state index contributed by atoms with van der Waals surface area (Å²) in [5.41, 5.74) is 6.65. The van der Waals surface area contributed by atoms with Crippen LogP contribution in [0.25, 0.3) is 44.6 Å². The Labute approximate surface area is 178 Å². The Morgan fingerprint density at radius 1 is 0.968 bits per heavy atom. The van der Waals surface area contributed by atoms with Crippen molar-refractivity contribution in [2.75, 3.05) is 38.1 Å². The van der Waals surface area contributed by atoms with Crippen molar-refractivity contribution >= 4 is 27.6 Å². The molecule has 9 nitrogen and oxygen atoms in total. The zero-order valence-electron chi connectivity index (χ0n) is 17.5. The Bertz CT molecular complexity index is 1380. The smallest absolute Gasteiger partial charge is 0.139 e. The number of likely N-dealkylation sites (N-methyl/N-ethyl adjacent to an activating group) is 1. The van der Waals surface area contributed by atoms with E-state index in [9.17, 15) is 0 Å². The minimum atomic E-state index is 0.866. The minimum absolute atomic E-state index is 0.866. The van der Waals surface area contributed by atoms with Gasteiger partial charge in [-0.3, -0.25) is 14.8 Å². The van der Waals surface area contributed by atoms with E-state index in [0.717, 1.165) is 70.8 Å². The number of hydrogen-bond acceptors (Lipinski definition) is 6. The average molecular weight is 413 g/mol. The molecule has 6 heterocycles. The van der Waals surface area contributed by atoms with Gasteiger partial charge in [0.1, 0.15) is 11.3 Å². The number of hydrogen-bond donors (Lipinski definition) is 2. The summed E-state index contributed by atoms with van der Waals surface area (Å²) in [6.07, 6.45) is 7.49. The number of aromatic amines is 2. The van der Waals surface area contributed by atoms with Gasteiger partial charge in [-0.15, -0.1) is 0 Å². The maximum Gasteiger partial charge on any atom is 0.139 e. The van der Waals surface area contributed by atoms with Crippen molar-refractivity contribution in [2.24, 2.45) is 7.05 Å². The minimum Gasteiger partial charge on any atom is -0.368 e. The second-order valence-corrected chi connectivity index (χ2v) is 8.16. The van der Waals surface area contributed by atoms with E-state index < -0.39 is 0 Å². The molecule has 5 aromatic rings. The van der Waals surface area contributed by atoms with Gasteiger partial charge >= 0.3 is 0 Å². The van der Waals surface area contributed by atoms with Crippen LogP contribution in [0.3, 0.4) is 0 Å². The summed E-state index contributed by atoms with van der Waals surface area (Å²) in [6.45, 7) is 4.16. The highest BCUT2D eigenvalue weighted by molar-refractivity contribution is 5.99. The Kier molecular flexibility index (Phi) is 4.03. The molecule has 0 aliphatic carbocycles. The van der Waals surface area contributed by atoms with E-state index in [4.69, 9.17) is 0 Å². The maximum absolute atomic E-state index is 4.59. The number of aryl methyl sites for hydroxylation is 1. The van der Waals surface area contributed by atoms with Gasteiger partial charge in [-0.2, -0.15) is 10.2 Å². The van der Waals surface area contributed by atoms with Gasteiger partial charge in [0, 0.05) is 67.6 Å². The van der Waals surface area contributed by atoms with Gasteiger partial charge in [0.2, 0.25) is 0 Å². The van der Waals surface area contributed by atoms with Gasteiger partial charge in [-0.25, -0.2) is 4.98 Å². The number of anilines is 1. The van der Waals surface area contributed by atoms with Crippen molar-refractivity contribution in [3.63, 3.8) is 0 Å². The Balaban J connectivity index is 1.44. The van der Waals surface area contributed by atoms with Crippen LogP contribution < -0.4 is 4.90 Å². The number of pyridine rings is 2. The second-order valence-electron chi connectivity index (χ2n) is 8.16. The molecule has 0 atom stereocenters. The summed E-state index contributed by atoms with van der Waals surface area (Å²) < 4.78 is 1.78. The second kappa shape index (κ2) is 6.92. The van der Waals surface area contributed by atoms with Crippen LogP contribution in [0.5, 0.6) is 0 Å². The first-order chi connectivity index (χ1) is 15.2. The fraction of sp³-hybridized carbons (Fsp3) is 0.273. The zero-order valence-corrected chi connectivity index (χ0v) is 17.5. The summed E-state index contributed by atoms with van der Waals surface area (Å²) >= 11 is 0. The lowest BCUT2D eigenvalue weighted by molar-refractivity contribution is 0.313. The van der Waals surface area contributed by atoms with E-state index >= 15 is 0 Å². The van der Waals surface area contributed by atoms with Gasteiger partial charge in [0.15, 0.2) is 0 Å². The van der Waals surface area contributed by atoms with E-state index in [1.165, 1.54) is 5.69 Å². The van der Waals surface area contributed by atoms with Gasteiger partial charge in [-0.05, 0) is 25.2 Å². The fourth-order valence-electron chi connectivity index (χ4n) is 4.30. The van der Waals surface area contributed by atoms with Crippen molar-refractivity contribution in [2.45, 2.75) is 0 Å². The molecule has 0 amide bonds. The molecule has 0 saturated carbocycles. The summed E-state index contributed by atoms with van der Waals surface area (Å²) in [7, 11) is 4.08. The molecule has 1 fully saturated rings. The van der Waals surface area contributed by atoms with Crippen molar-refractivity contribution in [3.05, 3.63) is 43.0 Å². The lowest BCUT2D eigenvalue weighted by Gasteiger charge is -2.34. The van der Waals surface area contributed by atoms with Crippen LogP contribution in [-0.4, -0.2) is 73.1 Å². The van der Waals surface area contributed by atoms with Crippen molar-refractivity contribution in [3.8, 4) is 22.6 Å². The van der Waals surface area contributed by atoms with E-state index in [-0.39, 0.29) is 0 Å². The Morgan fingerprint density at radius 2 is 1.84 bits per heavy atom. The highest BCUT2D eigenvalue weighted by Gasteiger charge is 2.19. The quantitative estimate of drug-likeness (QED) is 0.472. The molecule has 9 heteroatoms. The van der Waals surface area contributed by atoms with Crippen LogP contribution >= 0.6 is 0 Å². The Morgan fingerprint density at radius 3 is 2.65 bits per heavy atom. The highest BCUT2D eigenvalue weighted by Crippen LogP contribution is 2.33. The summed E-state index contributed by atoms with van der Waals surface area (Å²) in [4.78, 5) is 17.4. The normalized spacial score (nSPS) is 15.4. The summed E-state index contributed by atoms with van der Waals surface area (Å²) in [5.74, 6) is 0. The number of rotatable bonds is 3. The number of nitrogens with zero attached hydrogens (tertiary/aromatic N) is 7. The third-order valence-corrected chi connectivity index (χ3v) is 6.06. The summed E-state index contributed by atoms with van der Waals surface area (Å²) in [5, 5.41) is 14.1. The number of fused-ring (bicyclic) bond motifs is 2. The van der Waals surface area contributed by atoms with Gasteiger partial charge < -0.3 is 14.8 Å². The molecule has 0 unspecified atom stereocenters. The van der Waals surface area contributed by atoms with E-state index in [0.29, 0.717) is 0 Å². The lowest BCUT2D eigenvalue weighted by atomic mass is 10.1. The first-order valence-electron chi connectivity index (χ1n) is 10.4. The molecular weight excluding hydrogens is 390 g/mol. The van der Waals surface area contributed by atoms with Crippen LogP contribution in [0.15, 0.2) is 43.0 Å². The molecule has 0 radical (unpaired) electrons. The fourth-order valence-corrected chi connectivity index (χ4v) is 4.30. The molecule has 1 saturated heterocycles. The molecule has 2 N–H and O–H groups in total. The van der Waals surface area contributed by atoms with Crippen LogP contribution in [-0.2, 0) is 7.05 Å². The Hall–Kier alpha value is -3.72. The number of nitrogens with one attached hydrogen (secondary N) is 2. The predicted octanol–water partition coefficient (Wildman–Crippen LogP) is 2.65. The average Bonchev–Trinajstić information content (AvgIpc) is 3.51. The van der Waals surface area contributed by atoms with E-state index in [1.54, 1.807) is 4.68 Å². The number of aromatic nitrogens is 7. The topological polar surface area (TPSA) is 94.5 Å². The van der Waals surface area contributed by atoms with Crippen LogP contribution in [0.1, 0.15) is 0 Å². The molecule has 0 spiro atoms. The molecular formula is C22H23N9. The van der Waals surface area contributed by atoms with Crippen LogP contribution in [0.4, 0.5) is 5.69 Å². The molecule has 31 heavy (non-hydrogen) atoms. The van der Waals surface area contributed by atoms with Crippen LogP contribution in [0.2, 0.25) is 0 Å². The van der Waals surface area contributed by atoms with E-state index in [2.05, 4.69) is 65.3 Å². The number of piperazine rings is 1. The van der Waals surface area contributed by atoms with Gasteiger partial charge in [0.25, 0.3) is 0 Å². The standard InChI is InChI=1S/C22H23N9/c1-29-5-7-31(8-6-29)20-3-4-23-22-16(20)10-18(26-22)21-15-9-17(14-11-25-30(2)13-14)24-12-19(15)27-28-21/h3-4,9-13H,5-8H2,1-2H3,(H,23,26)(H,27,28). The first-order valence-corrected chi connectivity index (χ1v) is 10.4. The molecule has 6 rings (SSSR count). The largest absolute Gasteiger partial charge is 0.368 e. The van der Waals surface area contributed by atoms with Crippen molar-refractivity contribution in [1.29, 1.82) is 0 Å². The monoisotopic (exact) mass is 413 g/mol. The molecule has 0 bridgehead atoms. The SMILES string of the molecule is CN1CCN(c2ccnc3[nH]c(-c4n[nH]c5cnc(-c6cnn(C)c6)cc45)cc23)CC1. The molecule has 0 aromatic carbocycles. The zero-order chi connectivity index (χ0) is 20.9. The molecule has 156 valence electrons. The molecule has 5 aromatic heterocycles. The lowest BCUT2D eigenvalue weighted by Crippen LogP contribution is -2.44. The van der Waals surface area contributed by atoms with Gasteiger partial charge in [-0.1, -0.05) is 0 Å². The highest BCUT2D eigenvalue weighted by atomic mass is 15.3. The maximum atomic E-state index is 4.59. The van der Waals surface area contributed by atoms with Gasteiger partial charge in [0.05, 0.1) is 29.3 Å². The first kappa shape index (κ1) is 18.1. The summed E-state index contributed by atoms with van der Waals surface area (Å²) in [6, 6.07) is 6.33. The third-order valence-electron chi connectivity index (χ3n) is 6.06. The predicted molar refractivity (Wildman–Crippen MR) is 121 cm³/mol. The van der Waals surface area contributed by atoms with Crippen LogP contribution in [0, 0.1) is 0 Å². The van der Waals surface area contributed by atoms with Crippen molar-refractivity contribution < 1.29 is 0 Å². The molecule has 1 aliphatic heterocycles.